The molecule has 6 aromatic heterocycles. The van der Waals surface area contributed by atoms with Crippen LogP contribution in [0.5, 0.6) is 0 Å². The van der Waals surface area contributed by atoms with E-state index in [4.69, 9.17) is 0 Å². The molecule has 74 heavy (non-hydrogen) atoms. The van der Waals surface area contributed by atoms with E-state index < -0.39 is 23.9 Å². The summed E-state index contributed by atoms with van der Waals surface area (Å²) in [6.07, 6.45) is 7.07. The zero-order valence-corrected chi connectivity index (χ0v) is 46.5. The summed E-state index contributed by atoms with van der Waals surface area (Å²) in [4.78, 5) is 69.7. The number of carboxylic acid groups (broad SMARTS) is 4. The molecule has 0 unspecified atom stereocenters. The largest absolute Gasteiger partial charge is 2.00 e. The van der Waals surface area contributed by atoms with Crippen molar-refractivity contribution in [3.05, 3.63) is 229 Å². The van der Waals surface area contributed by atoms with Crippen molar-refractivity contribution in [1.82, 2.24) is 29.9 Å². The quantitative estimate of drug-likeness (QED) is 0.192. The first-order valence-electron chi connectivity index (χ1n) is 20.6. The van der Waals surface area contributed by atoms with Crippen LogP contribution in [0, 0.1) is 62.2 Å². The van der Waals surface area contributed by atoms with E-state index in [9.17, 15) is 39.6 Å². The van der Waals surface area contributed by atoms with Crippen LogP contribution >= 0.6 is 0 Å². The number of hydrogen-bond donors (Lipinski definition) is 0. The van der Waals surface area contributed by atoms with Crippen molar-refractivity contribution in [2.45, 2.75) is 0 Å². The Morgan fingerprint density at radius 1 is 0.257 bits per heavy atom. The molecule has 0 amide bonds. The number of carboxylic acids is 4. The minimum Gasteiger partial charge on any atom is -2.00 e. The Bertz CT molecular complexity index is 2950. The van der Waals surface area contributed by atoms with Crippen LogP contribution in [0.4, 0.5) is 0 Å². The molecule has 0 aliphatic heterocycles. The van der Waals surface area contributed by atoms with Crippen LogP contribution < -0.4 is 20.4 Å². The van der Waals surface area contributed by atoms with Crippen LogP contribution in [0.1, 0.15) is 41.4 Å². The van der Waals surface area contributed by atoms with Gasteiger partial charge < -0.3 is 61.5 Å². The molecule has 0 aliphatic rings. The third kappa shape index (κ3) is 16.6. The predicted octanol–water partition coefficient (Wildman–Crippen LogP) is 5.07. The Labute approximate surface area is 469 Å². The molecule has 0 spiro atoms. The summed E-state index contributed by atoms with van der Waals surface area (Å²) < 4.78 is 0. The van der Waals surface area contributed by atoms with Gasteiger partial charge in [0.25, 0.3) is 0 Å². The van der Waals surface area contributed by atoms with Gasteiger partial charge in [-0.1, -0.05) is 109 Å². The van der Waals surface area contributed by atoms with Crippen molar-refractivity contribution in [3.63, 3.8) is 0 Å². The van der Waals surface area contributed by atoms with Gasteiger partial charge in [-0.2, -0.15) is 0 Å². The molecule has 4 aromatic carbocycles. The van der Waals surface area contributed by atoms with Gasteiger partial charge in [0.15, 0.2) is 0 Å². The van der Waals surface area contributed by atoms with Crippen LogP contribution in [0.3, 0.4) is 0 Å². The monoisotopic (exact) mass is 1430 g/mol. The molecule has 10 rings (SSSR count). The number of carbonyl (C=O) groups excluding carboxylic acids is 4. The molecule has 0 N–H and O–H groups in total. The Morgan fingerprint density at radius 3 is 0.622 bits per heavy atom. The molecule has 20 heteroatoms. The van der Waals surface area contributed by atoms with E-state index in [-0.39, 0.29) is 106 Å². The Balaban J connectivity index is 0.000000481. The molecular formula is C54H34N6O12U2-12. The first-order valence-corrected chi connectivity index (χ1v) is 20.6. The zero-order valence-electron chi connectivity index (χ0n) is 38.2. The van der Waals surface area contributed by atoms with E-state index in [1.54, 1.807) is 49.1 Å². The SMILES string of the molecule is O=C([O-])c1ccc(C(=O)[O-])c2ccccc12.O=C([O-])c1ccc(C(=O)[O-])c2ccccc12.[O-2].[O-2].[O-2].[O-2].[U].[U].c1ccc(-c2cccc(-c3ccccn3)n2)nc1.c1ccc(-c2cccc(-c3ccccn3)n2)nc1. The Kier molecular flexibility index (Phi) is 27.3. The fourth-order valence-electron chi connectivity index (χ4n) is 6.81. The van der Waals surface area contributed by atoms with Crippen molar-refractivity contribution in [3.8, 4) is 45.6 Å². The fourth-order valence-corrected chi connectivity index (χ4v) is 6.81. The second-order valence-corrected chi connectivity index (χ2v) is 14.2. The summed E-state index contributed by atoms with van der Waals surface area (Å²) in [5.74, 6) is -5.33. The number of benzene rings is 4. The zero-order chi connectivity index (χ0) is 47.8. The van der Waals surface area contributed by atoms with Gasteiger partial charge in [0.1, 0.15) is 0 Å². The summed E-state index contributed by atoms with van der Waals surface area (Å²) >= 11 is 0. The third-order valence-electron chi connectivity index (χ3n) is 9.94. The van der Waals surface area contributed by atoms with Gasteiger partial charge >= 0.3 is 0 Å². The van der Waals surface area contributed by atoms with Crippen molar-refractivity contribution in [2.24, 2.45) is 0 Å². The number of aromatic nitrogens is 6. The van der Waals surface area contributed by atoms with Crippen LogP contribution in [-0.2, 0) is 21.9 Å². The molecule has 372 valence electrons. The van der Waals surface area contributed by atoms with Crippen LogP contribution in [0.25, 0.3) is 67.1 Å². The van der Waals surface area contributed by atoms with Crippen LogP contribution in [0.15, 0.2) is 207 Å². The smallest absolute Gasteiger partial charge is 0.0894 e. The van der Waals surface area contributed by atoms with E-state index in [0.29, 0.717) is 21.5 Å². The normalized spacial score (nSPS) is 9.41. The number of rotatable bonds is 8. The van der Waals surface area contributed by atoms with Gasteiger partial charge in [-0.15, -0.1) is 0 Å². The first kappa shape index (κ1) is 64.1. The minimum absolute atomic E-state index is 0. The molecule has 0 radical (unpaired) electrons. The molecule has 0 saturated heterocycles. The Hall–Kier alpha value is -7.88. The van der Waals surface area contributed by atoms with Crippen molar-refractivity contribution >= 4 is 45.4 Å². The van der Waals surface area contributed by atoms with Gasteiger partial charge in [0.2, 0.25) is 0 Å². The summed E-state index contributed by atoms with van der Waals surface area (Å²) in [5, 5.41) is 44.6. The summed E-state index contributed by atoms with van der Waals surface area (Å²) in [5.41, 5.74) is 6.81. The Morgan fingerprint density at radius 2 is 0.446 bits per heavy atom. The van der Waals surface area contributed by atoms with Crippen molar-refractivity contribution < 1.29 is 124 Å². The number of carbonyl (C=O) groups is 4. The van der Waals surface area contributed by atoms with Gasteiger partial charge in [0.05, 0.1) is 69.4 Å². The number of aromatic carboxylic acids is 4. The molecule has 0 fully saturated rings. The molecular weight excluding hydrogens is 1400 g/mol. The second kappa shape index (κ2) is 31.6. The number of fused-ring (bicyclic) bond motifs is 2. The average Bonchev–Trinajstić information content (AvgIpc) is 3.39. The van der Waals surface area contributed by atoms with E-state index in [1.165, 1.54) is 48.5 Å². The van der Waals surface area contributed by atoms with Gasteiger partial charge in [-0.3, -0.25) is 19.9 Å². The number of hydrogen-bond acceptors (Lipinski definition) is 14. The molecule has 6 heterocycles. The maximum Gasteiger partial charge on any atom is 0.0894 e. The first-order chi connectivity index (χ1) is 33.1. The van der Waals surface area contributed by atoms with E-state index >= 15 is 0 Å². The van der Waals surface area contributed by atoms with Crippen LogP contribution in [-0.4, -0.2) is 53.8 Å². The summed E-state index contributed by atoms with van der Waals surface area (Å²) in [7, 11) is 0. The summed E-state index contributed by atoms with van der Waals surface area (Å²) in [6, 6.07) is 52.5. The molecule has 0 atom stereocenters. The maximum atomic E-state index is 10.8. The fraction of sp³-hybridized carbons (Fsp3) is 0. The average molecular weight is 1430 g/mol. The second-order valence-electron chi connectivity index (χ2n) is 14.2. The molecule has 18 nitrogen and oxygen atoms in total. The van der Waals surface area contributed by atoms with Gasteiger partial charge in [-0.25, -0.2) is 9.97 Å². The van der Waals surface area contributed by atoms with E-state index in [0.717, 1.165) is 45.6 Å². The van der Waals surface area contributed by atoms with Gasteiger partial charge in [0, 0.05) is 109 Å². The van der Waals surface area contributed by atoms with E-state index in [1.807, 2.05) is 109 Å². The number of pyridine rings is 6. The van der Waals surface area contributed by atoms with Crippen molar-refractivity contribution in [1.29, 1.82) is 0 Å². The number of nitrogens with zero attached hydrogens (tertiary/aromatic N) is 6. The predicted molar refractivity (Wildman–Crippen MR) is 249 cm³/mol. The molecule has 10 aromatic rings. The minimum atomic E-state index is -1.33. The van der Waals surface area contributed by atoms with Crippen molar-refractivity contribution in [2.75, 3.05) is 0 Å². The third-order valence-corrected chi connectivity index (χ3v) is 9.94. The van der Waals surface area contributed by atoms with E-state index in [2.05, 4.69) is 29.9 Å². The molecule has 0 saturated carbocycles. The topological polar surface area (TPSA) is 352 Å². The molecule has 0 bridgehead atoms. The van der Waals surface area contributed by atoms with Crippen LogP contribution in [0.2, 0.25) is 0 Å². The maximum absolute atomic E-state index is 10.8. The molecule has 0 aliphatic carbocycles. The standard InChI is InChI=1S/2C15H11N3.2C12H8O4.4O.2U/c2*1-3-10-16-12(6-1)14-8-5-9-15(18-14)13-7-2-4-11-17-13;2*13-11(14)9-5-6-10(12(15)16)8-4-2-1-3-7(8)9;;;;;;/h2*1-11H;2*1-6H,(H,13,14)(H,15,16);;;;;;/q;;;;4*-2;;/p-4. The summed E-state index contributed by atoms with van der Waals surface area (Å²) in [6.45, 7) is 0. The van der Waals surface area contributed by atoms with Gasteiger partial charge in [-0.05, 0) is 94.3 Å².